The van der Waals surface area contributed by atoms with Crippen LogP contribution in [0, 0.1) is 0 Å². The zero-order valence-electron chi connectivity index (χ0n) is 46.4. The summed E-state index contributed by atoms with van der Waals surface area (Å²) in [4.78, 5) is 132. The molecule has 2 N–H and O–H groups in total. The van der Waals surface area contributed by atoms with E-state index in [1.165, 1.54) is 47.6 Å². The van der Waals surface area contributed by atoms with Gasteiger partial charge in [-0.25, -0.2) is 9.59 Å². The van der Waals surface area contributed by atoms with Crippen LogP contribution in [0.15, 0.2) is 71.8 Å². The van der Waals surface area contributed by atoms with Gasteiger partial charge in [0.15, 0.2) is 6.61 Å². The quantitative estimate of drug-likeness (QED) is 0.0269. The SMILES string of the molecule is COC(=O)CCC1=C(CC(=O)OC)C(Cc2[nH]c(C(=O)OCC[Si](C)(C)C)c(CCC(=O)OC)c2CC(=O)OC)(Cc2[nH]c(C(=O)OCc3ccccc3)c(CC(=O)OC)c2CCC(=O)OC)N(C(=O)COc2ccccc2)C1. The molecule has 1 aliphatic rings. The highest BCUT2D eigenvalue weighted by Gasteiger charge is 2.51. The number of ether oxygens (including phenoxy) is 9. The number of para-hydroxylation sites is 1. The lowest BCUT2D eigenvalue weighted by atomic mass is 9.76. The Morgan fingerprint density at radius 3 is 1.56 bits per heavy atom. The lowest BCUT2D eigenvalue weighted by Gasteiger charge is -2.41. The molecule has 0 saturated heterocycles. The second-order valence-electron chi connectivity index (χ2n) is 19.9. The van der Waals surface area contributed by atoms with Gasteiger partial charge in [-0.3, -0.25) is 33.6 Å². The van der Waals surface area contributed by atoms with Crippen LogP contribution in [0.25, 0.3) is 0 Å². The van der Waals surface area contributed by atoms with Gasteiger partial charge in [-0.15, -0.1) is 0 Å². The van der Waals surface area contributed by atoms with E-state index in [2.05, 4.69) is 29.6 Å². The fourth-order valence-corrected chi connectivity index (χ4v) is 10.2. The van der Waals surface area contributed by atoms with Crippen LogP contribution in [0.2, 0.25) is 25.7 Å². The minimum absolute atomic E-state index is 0.0482. The van der Waals surface area contributed by atoms with E-state index in [4.69, 9.17) is 42.6 Å². The number of hydrogen-bond acceptors (Lipinski definition) is 18. The number of aromatic amines is 2. The van der Waals surface area contributed by atoms with Crippen molar-refractivity contribution >= 4 is 61.7 Å². The van der Waals surface area contributed by atoms with E-state index in [1.54, 1.807) is 60.7 Å². The number of amides is 1. The number of hydrogen-bond donors (Lipinski definition) is 2. The van der Waals surface area contributed by atoms with E-state index in [9.17, 15) is 38.4 Å². The summed E-state index contributed by atoms with van der Waals surface area (Å²) in [5, 5.41) is 0. The Hall–Kier alpha value is -8.01. The van der Waals surface area contributed by atoms with Crippen LogP contribution >= 0.6 is 0 Å². The van der Waals surface area contributed by atoms with Crippen LogP contribution in [-0.2, 0) is 117 Å². The molecule has 0 aliphatic carbocycles. The monoisotopic (exact) mass is 1110 g/mol. The van der Waals surface area contributed by atoms with E-state index >= 15 is 4.79 Å². The zero-order chi connectivity index (χ0) is 57.9. The van der Waals surface area contributed by atoms with Gasteiger partial charge in [0.2, 0.25) is 0 Å². The topological polar surface area (TPSA) is 272 Å². The molecule has 0 spiro atoms. The fraction of sp³-hybridized carbons (Fsp3) is 0.456. The molecule has 1 unspecified atom stereocenters. The second kappa shape index (κ2) is 29.1. The molecular weight excluding hydrogens is 1040 g/mol. The summed E-state index contributed by atoms with van der Waals surface area (Å²) in [5.41, 5.74) is 0.365. The Kier molecular flexibility index (Phi) is 22.8. The second-order valence-corrected chi connectivity index (χ2v) is 25.5. The molecule has 426 valence electrons. The summed E-state index contributed by atoms with van der Waals surface area (Å²) in [5.74, 6) is -6.13. The fourth-order valence-electron chi connectivity index (χ4n) is 9.45. The van der Waals surface area contributed by atoms with Crippen molar-refractivity contribution in [3.63, 3.8) is 0 Å². The van der Waals surface area contributed by atoms with E-state index < -0.39 is 93.1 Å². The molecule has 0 bridgehead atoms. The van der Waals surface area contributed by atoms with Crippen molar-refractivity contribution in [2.45, 2.75) is 108 Å². The minimum atomic E-state index is -1.84. The summed E-state index contributed by atoms with van der Waals surface area (Å²) in [6.07, 6.45) is -3.24. The molecule has 1 aliphatic heterocycles. The number of nitrogens with zero attached hydrogens (tertiary/aromatic N) is 1. The van der Waals surface area contributed by atoms with Crippen molar-refractivity contribution < 1.29 is 85.8 Å². The van der Waals surface area contributed by atoms with Crippen molar-refractivity contribution in [3.05, 3.63) is 122 Å². The number of methoxy groups -OCH3 is 6. The van der Waals surface area contributed by atoms with Gasteiger partial charge in [-0.2, -0.15) is 0 Å². The van der Waals surface area contributed by atoms with Gasteiger partial charge in [0.1, 0.15) is 23.7 Å². The number of benzene rings is 2. The molecule has 4 aromatic rings. The standard InChI is InChI=1S/C57H71N3O18Si/c1-70-47(62)23-20-37-33-60(46(61)35-77-38-18-14-11-15-19-38)57(43(37)30-52(67)75-6,32-45-41(28-50(65)73-4)40(22-25-49(64)72-3)53(59-45)55(68)76-26-27-79(7,8)9)31-44-39(21-24-48(63)71-2)42(29-51(66)74-5)54(58-44)56(69)78-34-36-16-12-10-13-17-36/h10-19,58-59H,20-35H2,1-9H3. The van der Waals surface area contributed by atoms with Crippen molar-refractivity contribution in [1.29, 1.82) is 0 Å². The van der Waals surface area contributed by atoms with E-state index in [0.29, 0.717) is 22.9 Å². The summed E-state index contributed by atoms with van der Waals surface area (Å²) in [6, 6.07) is 18.0. The van der Waals surface area contributed by atoms with Gasteiger partial charge < -0.3 is 57.5 Å². The number of aromatic nitrogens is 2. The average Bonchev–Trinajstić information content (AvgIpc) is 4.15. The number of carbonyl (C=O) groups excluding carboxylic acids is 9. The summed E-state index contributed by atoms with van der Waals surface area (Å²) in [7, 11) is 5.42. The third-order valence-electron chi connectivity index (χ3n) is 13.6. The maximum atomic E-state index is 15.4. The van der Waals surface area contributed by atoms with Crippen molar-refractivity contribution in [2.24, 2.45) is 0 Å². The molecule has 1 atom stereocenters. The Morgan fingerprint density at radius 2 is 1.01 bits per heavy atom. The molecule has 2 aromatic heterocycles. The Balaban J connectivity index is 1.93. The third-order valence-corrected chi connectivity index (χ3v) is 15.3. The molecule has 0 radical (unpaired) electrons. The molecule has 0 saturated carbocycles. The smallest absolute Gasteiger partial charge is 0.355 e. The maximum absolute atomic E-state index is 15.4. The van der Waals surface area contributed by atoms with Gasteiger partial charge in [0, 0.05) is 58.1 Å². The Morgan fingerprint density at radius 1 is 0.544 bits per heavy atom. The minimum Gasteiger partial charge on any atom is -0.484 e. The van der Waals surface area contributed by atoms with E-state index in [0.717, 1.165) is 0 Å². The highest BCUT2D eigenvalue weighted by molar-refractivity contribution is 6.76. The van der Waals surface area contributed by atoms with Crippen molar-refractivity contribution in [2.75, 3.05) is 62.4 Å². The van der Waals surface area contributed by atoms with Crippen LogP contribution in [0.1, 0.15) is 92.3 Å². The van der Waals surface area contributed by atoms with Crippen LogP contribution in [0.5, 0.6) is 5.75 Å². The first-order chi connectivity index (χ1) is 37.7. The summed E-state index contributed by atoms with van der Waals surface area (Å²) < 4.78 is 48.5. The van der Waals surface area contributed by atoms with Crippen LogP contribution in [0.4, 0.5) is 0 Å². The molecule has 2 aromatic carbocycles. The zero-order valence-corrected chi connectivity index (χ0v) is 47.4. The van der Waals surface area contributed by atoms with Crippen LogP contribution in [0.3, 0.4) is 0 Å². The molecule has 0 fully saturated rings. The molecular formula is C57H71N3O18Si. The molecule has 3 heterocycles. The predicted octanol–water partition coefficient (Wildman–Crippen LogP) is 6.10. The van der Waals surface area contributed by atoms with Gasteiger partial charge >= 0.3 is 47.8 Å². The number of esters is 8. The molecule has 79 heavy (non-hydrogen) atoms. The summed E-state index contributed by atoms with van der Waals surface area (Å²) >= 11 is 0. The third kappa shape index (κ3) is 17.0. The Bertz CT molecular complexity index is 2870. The van der Waals surface area contributed by atoms with Crippen molar-refractivity contribution in [3.8, 4) is 5.75 Å². The highest BCUT2D eigenvalue weighted by atomic mass is 28.3. The van der Waals surface area contributed by atoms with Crippen LogP contribution in [-0.4, -0.2) is 145 Å². The number of carbonyl (C=O) groups is 9. The van der Waals surface area contributed by atoms with E-state index in [-0.39, 0.29) is 122 Å². The maximum Gasteiger partial charge on any atom is 0.355 e. The highest BCUT2D eigenvalue weighted by Crippen LogP contribution is 2.46. The largest absolute Gasteiger partial charge is 0.484 e. The average molecular weight is 1110 g/mol. The van der Waals surface area contributed by atoms with Gasteiger partial charge in [0.25, 0.3) is 5.91 Å². The molecule has 22 heteroatoms. The Labute approximate surface area is 459 Å². The molecule has 1 amide bonds. The first-order valence-electron chi connectivity index (χ1n) is 25.6. The predicted molar refractivity (Wildman–Crippen MR) is 286 cm³/mol. The number of nitrogens with one attached hydrogen (secondary N) is 2. The number of H-pyrrole nitrogens is 2. The first kappa shape index (κ1) is 61.8. The summed E-state index contributed by atoms with van der Waals surface area (Å²) in [6.45, 7) is 5.41. The number of rotatable bonds is 29. The van der Waals surface area contributed by atoms with Gasteiger partial charge in [0.05, 0.1) is 74.1 Å². The normalized spacial score (nSPS) is 14.0. The van der Waals surface area contributed by atoms with Crippen LogP contribution < -0.4 is 4.74 Å². The first-order valence-corrected chi connectivity index (χ1v) is 29.4. The molecule has 5 rings (SSSR count). The van der Waals surface area contributed by atoms with Crippen molar-refractivity contribution in [1.82, 2.24) is 14.9 Å². The lowest BCUT2D eigenvalue weighted by Crippen LogP contribution is -2.54. The molecule has 21 nitrogen and oxygen atoms in total. The van der Waals surface area contributed by atoms with Gasteiger partial charge in [-0.1, -0.05) is 68.2 Å². The van der Waals surface area contributed by atoms with Gasteiger partial charge in [-0.05, 0) is 76.4 Å². The lowest BCUT2D eigenvalue weighted by molar-refractivity contribution is -0.142. The van der Waals surface area contributed by atoms with E-state index in [1.807, 2.05) is 0 Å².